The predicted octanol–water partition coefficient (Wildman–Crippen LogP) is 3.05. The van der Waals surface area contributed by atoms with Crippen LogP contribution >= 0.6 is 11.9 Å². The van der Waals surface area contributed by atoms with E-state index in [1.165, 1.54) is 10.5 Å². The third-order valence-electron chi connectivity index (χ3n) is 3.64. The van der Waals surface area contributed by atoms with E-state index in [4.69, 9.17) is 0 Å². The van der Waals surface area contributed by atoms with E-state index >= 15 is 0 Å². The van der Waals surface area contributed by atoms with Crippen LogP contribution in [0.1, 0.15) is 6.42 Å². The second kappa shape index (κ2) is 3.62. The smallest absolute Gasteiger partial charge is 0.152 e. The molecule has 88 valence electrons. The van der Waals surface area contributed by atoms with E-state index in [2.05, 4.69) is 40.8 Å². The van der Waals surface area contributed by atoms with E-state index in [0.29, 0.717) is 0 Å². The van der Waals surface area contributed by atoms with Crippen LogP contribution in [0.15, 0.2) is 69.9 Å². The highest BCUT2D eigenvalue weighted by atomic mass is 32.2. The number of hydrogen-bond donors (Lipinski definition) is 0. The van der Waals surface area contributed by atoms with Crippen LogP contribution in [0.4, 0.5) is 0 Å². The maximum absolute atomic E-state index is 11.5. The van der Waals surface area contributed by atoms with E-state index in [1.807, 2.05) is 6.08 Å². The highest BCUT2D eigenvalue weighted by Gasteiger charge is 2.41. The Morgan fingerprint density at radius 1 is 1.33 bits per heavy atom. The van der Waals surface area contributed by atoms with E-state index in [-0.39, 0.29) is 6.04 Å². The molecule has 4 aliphatic rings. The number of aldehydes is 1. The fourth-order valence-corrected chi connectivity index (χ4v) is 4.09. The van der Waals surface area contributed by atoms with Gasteiger partial charge in [-0.1, -0.05) is 36.5 Å². The van der Waals surface area contributed by atoms with Crippen molar-refractivity contribution in [1.29, 1.82) is 0 Å². The molecule has 2 aliphatic carbocycles. The Labute approximate surface area is 110 Å². The van der Waals surface area contributed by atoms with Gasteiger partial charge in [-0.3, -0.25) is 9.10 Å². The van der Waals surface area contributed by atoms with Crippen LogP contribution < -0.4 is 0 Å². The first-order chi connectivity index (χ1) is 8.90. The van der Waals surface area contributed by atoms with Crippen LogP contribution in [-0.4, -0.2) is 16.6 Å². The largest absolute Gasteiger partial charge is 0.300 e. The average molecular weight is 253 g/mol. The first kappa shape index (κ1) is 10.2. The van der Waals surface area contributed by atoms with Crippen molar-refractivity contribution >= 4 is 18.2 Å². The lowest BCUT2D eigenvalue weighted by molar-refractivity contribution is -0.104. The van der Waals surface area contributed by atoms with Gasteiger partial charge in [0.2, 0.25) is 0 Å². The van der Waals surface area contributed by atoms with Crippen LogP contribution in [0.2, 0.25) is 0 Å². The lowest BCUT2D eigenvalue weighted by Gasteiger charge is -2.22. The minimum absolute atomic E-state index is 0.217. The maximum Gasteiger partial charge on any atom is 0.152 e. The molecule has 0 aromatic carbocycles. The van der Waals surface area contributed by atoms with Crippen LogP contribution in [0.5, 0.6) is 0 Å². The lowest BCUT2D eigenvalue weighted by Crippen LogP contribution is -2.21. The minimum atomic E-state index is 0.217. The number of hydrogen-bond acceptors (Lipinski definition) is 3. The van der Waals surface area contributed by atoms with Crippen molar-refractivity contribution in [3.05, 3.63) is 69.9 Å². The Hall–Kier alpha value is -1.74. The Kier molecular flexibility index (Phi) is 2.06. The molecule has 0 saturated carbocycles. The average Bonchev–Trinajstić information content (AvgIpc) is 2.93. The highest BCUT2D eigenvalue weighted by Crippen LogP contribution is 2.53. The van der Waals surface area contributed by atoms with Gasteiger partial charge >= 0.3 is 0 Å². The molecule has 0 aromatic rings. The molecule has 0 fully saturated rings. The third kappa shape index (κ3) is 1.17. The summed E-state index contributed by atoms with van der Waals surface area (Å²) in [4.78, 5) is 12.7. The molecule has 18 heavy (non-hydrogen) atoms. The summed E-state index contributed by atoms with van der Waals surface area (Å²) in [6, 6.07) is 0.217. The predicted molar refractivity (Wildman–Crippen MR) is 73.5 cm³/mol. The zero-order valence-corrected chi connectivity index (χ0v) is 10.5. The first-order valence-electron chi connectivity index (χ1n) is 6.02. The number of allylic oxidation sites excluding steroid dienone is 7. The van der Waals surface area contributed by atoms with Crippen molar-refractivity contribution in [2.24, 2.45) is 0 Å². The number of fused-ring (bicyclic) bond motifs is 4. The maximum atomic E-state index is 11.5. The molecule has 0 saturated heterocycles. The standard InChI is InChI=1S/C15H11NOS/c17-9-12-10-5-1-3-7-13(10)16-15(12)11-6-2-4-8-14(11)18-16/h1-5,7-9,13H,6H2. The van der Waals surface area contributed by atoms with E-state index in [1.54, 1.807) is 11.9 Å². The third-order valence-corrected chi connectivity index (χ3v) is 4.83. The van der Waals surface area contributed by atoms with Gasteiger partial charge in [0.05, 0.1) is 11.7 Å². The topological polar surface area (TPSA) is 20.3 Å². The van der Waals surface area contributed by atoms with Gasteiger partial charge < -0.3 is 0 Å². The Bertz CT molecular complexity index is 631. The molecule has 4 rings (SSSR count). The number of nitrogens with zero attached hydrogens (tertiary/aromatic N) is 1. The minimum Gasteiger partial charge on any atom is -0.300 e. The molecule has 0 amide bonds. The summed E-state index contributed by atoms with van der Waals surface area (Å²) >= 11 is 1.75. The van der Waals surface area contributed by atoms with Crippen molar-refractivity contribution < 1.29 is 4.79 Å². The molecule has 3 heteroatoms. The first-order valence-corrected chi connectivity index (χ1v) is 6.79. The summed E-state index contributed by atoms with van der Waals surface area (Å²) in [6.07, 6.45) is 16.6. The van der Waals surface area contributed by atoms with Gasteiger partial charge in [-0.15, -0.1) is 0 Å². The van der Waals surface area contributed by atoms with Crippen molar-refractivity contribution in [1.82, 2.24) is 4.31 Å². The molecule has 0 bridgehead atoms. The Balaban J connectivity index is 1.95. The molecule has 1 unspecified atom stereocenters. The molecule has 1 atom stereocenters. The zero-order chi connectivity index (χ0) is 12.1. The van der Waals surface area contributed by atoms with Gasteiger partial charge in [0.1, 0.15) is 0 Å². The van der Waals surface area contributed by atoms with E-state index in [9.17, 15) is 4.79 Å². The van der Waals surface area contributed by atoms with Crippen molar-refractivity contribution in [3.63, 3.8) is 0 Å². The van der Waals surface area contributed by atoms with Crippen LogP contribution in [0, 0.1) is 0 Å². The molecule has 0 aromatic heterocycles. The summed E-state index contributed by atoms with van der Waals surface area (Å²) in [6.45, 7) is 0. The van der Waals surface area contributed by atoms with Gasteiger partial charge in [-0.2, -0.15) is 0 Å². The summed E-state index contributed by atoms with van der Waals surface area (Å²) < 4.78 is 2.27. The molecular weight excluding hydrogens is 242 g/mol. The van der Waals surface area contributed by atoms with E-state index < -0.39 is 0 Å². The van der Waals surface area contributed by atoms with Crippen molar-refractivity contribution in [2.75, 3.05) is 0 Å². The monoisotopic (exact) mass is 253 g/mol. The fraction of sp³-hybridized carbons (Fsp3) is 0.133. The van der Waals surface area contributed by atoms with Gasteiger partial charge in [0.25, 0.3) is 0 Å². The second-order valence-corrected chi connectivity index (χ2v) is 5.60. The highest BCUT2D eigenvalue weighted by molar-refractivity contribution is 8.01. The SMILES string of the molecule is O=CC1=C2C=CC=CC2N2SC3=CC=CCC3=C12. The fourth-order valence-electron chi connectivity index (χ4n) is 2.85. The van der Waals surface area contributed by atoms with Gasteiger partial charge in [0.15, 0.2) is 6.29 Å². The Morgan fingerprint density at radius 2 is 2.28 bits per heavy atom. The van der Waals surface area contributed by atoms with E-state index in [0.717, 1.165) is 29.6 Å². The number of rotatable bonds is 1. The molecule has 2 nitrogen and oxygen atoms in total. The lowest BCUT2D eigenvalue weighted by atomic mass is 9.98. The summed E-state index contributed by atoms with van der Waals surface area (Å²) in [7, 11) is 0. The summed E-state index contributed by atoms with van der Waals surface area (Å²) in [5, 5.41) is 0. The molecule has 0 spiro atoms. The molecule has 2 aliphatic heterocycles. The zero-order valence-electron chi connectivity index (χ0n) is 9.67. The van der Waals surface area contributed by atoms with Crippen LogP contribution in [-0.2, 0) is 4.79 Å². The van der Waals surface area contributed by atoms with Crippen LogP contribution in [0.3, 0.4) is 0 Å². The van der Waals surface area contributed by atoms with Gasteiger partial charge in [0, 0.05) is 10.5 Å². The molecular formula is C15H11NOS. The normalized spacial score (nSPS) is 27.4. The van der Waals surface area contributed by atoms with Crippen molar-refractivity contribution in [3.8, 4) is 0 Å². The summed E-state index contributed by atoms with van der Waals surface area (Å²) in [5.74, 6) is 0. The number of carbonyl (C=O) groups excluding carboxylic acids is 1. The second-order valence-electron chi connectivity index (χ2n) is 4.58. The summed E-state index contributed by atoms with van der Waals surface area (Å²) in [5.41, 5.74) is 4.42. The van der Waals surface area contributed by atoms with Crippen LogP contribution in [0.25, 0.3) is 0 Å². The number of carbonyl (C=O) groups is 1. The Morgan fingerprint density at radius 3 is 3.17 bits per heavy atom. The molecule has 0 radical (unpaired) electrons. The quantitative estimate of drug-likeness (QED) is 0.529. The van der Waals surface area contributed by atoms with Gasteiger partial charge in [-0.05, 0) is 35.6 Å². The molecule has 2 heterocycles. The molecule has 0 N–H and O–H groups in total. The van der Waals surface area contributed by atoms with Crippen molar-refractivity contribution in [2.45, 2.75) is 12.5 Å². The van der Waals surface area contributed by atoms with Gasteiger partial charge in [-0.25, -0.2) is 0 Å².